The summed E-state index contributed by atoms with van der Waals surface area (Å²) in [5.74, 6) is -0.0586. The number of benzene rings is 2. The molecule has 0 saturated heterocycles. The van der Waals surface area contributed by atoms with E-state index >= 15 is 0 Å². The lowest BCUT2D eigenvalue weighted by Gasteiger charge is -2.04. The van der Waals surface area contributed by atoms with Gasteiger partial charge in [0.25, 0.3) is 0 Å². The summed E-state index contributed by atoms with van der Waals surface area (Å²) in [5.41, 5.74) is 1.40. The quantitative estimate of drug-likeness (QED) is 0.528. The molecular weight excluding hydrogens is 266 g/mol. The maximum atomic E-state index is 12.1. The van der Waals surface area contributed by atoms with Crippen LogP contribution < -0.4 is 4.74 Å². The Bertz CT molecular complexity index is 734. The summed E-state index contributed by atoms with van der Waals surface area (Å²) in [6.45, 7) is 0. The molecule has 0 N–H and O–H groups in total. The van der Waals surface area contributed by atoms with Crippen LogP contribution in [0.3, 0.4) is 0 Å². The van der Waals surface area contributed by atoms with Crippen LogP contribution in [0.4, 0.5) is 0 Å². The smallest absolute Gasteiger partial charge is 0.345 e. The van der Waals surface area contributed by atoms with Crippen LogP contribution >= 0.6 is 11.6 Å². The summed E-state index contributed by atoms with van der Waals surface area (Å²) in [4.78, 5) is 16.1. The average molecular weight is 274 g/mol. The third-order valence-corrected chi connectivity index (χ3v) is 2.86. The Morgan fingerprint density at radius 1 is 1.16 bits per heavy atom. The van der Waals surface area contributed by atoms with E-state index in [1.165, 1.54) is 6.39 Å². The van der Waals surface area contributed by atoms with Crippen molar-refractivity contribution in [1.29, 1.82) is 0 Å². The first-order chi connectivity index (χ1) is 9.24. The molecule has 4 nitrogen and oxygen atoms in total. The fourth-order valence-corrected chi connectivity index (χ4v) is 1.84. The zero-order valence-corrected chi connectivity index (χ0v) is 10.4. The van der Waals surface area contributed by atoms with Gasteiger partial charge in [-0.1, -0.05) is 17.7 Å². The fourth-order valence-electron chi connectivity index (χ4n) is 1.72. The maximum Gasteiger partial charge on any atom is 0.345 e. The van der Waals surface area contributed by atoms with E-state index in [1.807, 2.05) is 0 Å². The molecule has 0 bridgehead atoms. The first kappa shape index (κ1) is 11.7. The minimum absolute atomic E-state index is 0.362. The number of esters is 1. The van der Waals surface area contributed by atoms with Crippen molar-refractivity contribution in [2.75, 3.05) is 0 Å². The lowest BCUT2D eigenvalue weighted by atomic mass is 10.2. The summed E-state index contributed by atoms with van der Waals surface area (Å²) in [5, 5.41) is 0.582. The first-order valence-electron chi connectivity index (χ1n) is 5.54. The second kappa shape index (κ2) is 4.74. The van der Waals surface area contributed by atoms with Crippen molar-refractivity contribution in [2.45, 2.75) is 0 Å². The first-order valence-corrected chi connectivity index (χ1v) is 5.92. The molecular formula is C14H8ClNO3. The molecule has 0 atom stereocenters. The van der Waals surface area contributed by atoms with Crippen LogP contribution in [0.2, 0.25) is 5.02 Å². The van der Waals surface area contributed by atoms with E-state index in [9.17, 15) is 4.79 Å². The zero-order chi connectivity index (χ0) is 13.2. The van der Waals surface area contributed by atoms with E-state index in [2.05, 4.69) is 4.98 Å². The lowest BCUT2D eigenvalue weighted by molar-refractivity contribution is 0.0736. The third kappa shape index (κ3) is 2.30. The summed E-state index contributed by atoms with van der Waals surface area (Å²) in [6.07, 6.45) is 1.30. The molecule has 0 radical (unpaired) electrons. The predicted octanol–water partition coefficient (Wildman–Crippen LogP) is 3.70. The van der Waals surface area contributed by atoms with Gasteiger partial charge in [-0.2, -0.15) is 0 Å². The van der Waals surface area contributed by atoms with E-state index in [1.54, 1.807) is 42.5 Å². The highest BCUT2D eigenvalue weighted by molar-refractivity contribution is 6.30. The van der Waals surface area contributed by atoms with Gasteiger partial charge in [0, 0.05) is 5.02 Å². The highest BCUT2D eigenvalue weighted by Gasteiger charge is 2.14. The molecule has 0 saturated carbocycles. The lowest BCUT2D eigenvalue weighted by Crippen LogP contribution is -2.08. The Balaban J connectivity index is 1.92. The van der Waals surface area contributed by atoms with Crippen LogP contribution in [0.5, 0.6) is 5.75 Å². The Morgan fingerprint density at radius 2 is 1.95 bits per heavy atom. The van der Waals surface area contributed by atoms with Gasteiger partial charge in [0.05, 0.1) is 5.56 Å². The van der Waals surface area contributed by atoms with Crippen molar-refractivity contribution in [1.82, 2.24) is 4.98 Å². The number of fused-ring (bicyclic) bond motifs is 1. The predicted molar refractivity (Wildman–Crippen MR) is 70.4 cm³/mol. The van der Waals surface area contributed by atoms with Gasteiger partial charge in [-0.25, -0.2) is 9.78 Å². The van der Waals surface area contributed by atoms with E-state index in [0.717, 1.165) is 0 Å². The molecule has 0 unspecified atom stereocenters. The van der Waals surface area contributed by atoms with Crippen molar-refractivity contribution in [3.05, 3.63) is 59.4 Å². The van der Waals surface area contributed by atoms with Crippen molar-refractivity contribution >= 4 is 28.7 Å². The molecule has 0 spiro atoms. The average Bonchev–Trinajstić information content (AvgIpc) is 2.89. The fraction of sp³-hybridized carbons (Fsp3) is 0. The maximum absolute atomic E-state index is 12.1. The van der Waals surface area contributed by atoms with Crippen LogP contribution in [0.1, 0.15) is 10.4 Å². The number of carbonyl (C=O) groups is 1. The number of oxazole rings is 1. The third-order valence-electron chi connectivity index (χ3n) is 2.60. The number of para-hydroxylation sites is 1. The minimum atomic E-state index is -0.484. The number of rotatable bonds is 2. The van der Waals surface area contributed by atoms with Gasteiger partial charge in [0.2, 0.25) is 0 Å². The molecule has 3 rings (SSSR count). The standard InChI is InChI=1S/C14H8ClNO3/c15-9-4-6-10(7-5-9)19-14(17)11-2-1-3-12-13(11)16-8-18-12/h1-8H. The molecule has 1 heterocycles. The molecule has 3 aromatic rings. The van der Waals surface area contributed by atoms with Crippen LogP contribution in [0.15, 0.2) is 53.3 Å². The summed E-state index contributed by atoms with van der Waals surface area (Å²) in [6, 6.07) is 11.7. The van der Waals surface area contributed by atoms with E-state index in [-0.39, 0.29) is 0 Å². The normalized spacial score (nSPS) is 10.6. The minimum Gasteiger partial charge on any atom is -0.443 e. The molecule has 0 aliphatic rings. The number of halogens is 1. The summed E-state index contributed by atoms with van der Waals surface area (Å²) >= 11 is 5.77. The second-order valence-corrected chi connectivity index (χ2v) is 4.28. The van der Waals surface area contributed by atoms with Gasteiger partial charge >= 0.3 is 5.97 Å². The van der Waals surface area contributed by atoms with Gasteiger partial charge in [-0.05, 0) is 36.4 Å². The van der Waals surface area contributed by atoms with E-state index < -0.39 is 5.97 Å². The van der Waals surface area contributed by atoms with Crippen molar-refractivity contribution in [3.63, 3.8) is 0 Å². The monoisotopic (exact) mass is 273 g/mol. The van der Waals surface area contributed by atoms with Crippen molar-refractivity contribution in [3.8, 4) is 5.75 Å². The zero-order valence-electron chi connectivity index (χ0n) is 9.67. The SMILES string of the molecule is O=C(Oc1ccc(Cl)cc1)c1cccc2ocnc12. The molecule has 5 heteroatoms. The Morgan fingerprint density at radius 3 is 2.74 bits per heavy atom. The Kier molecular flexibility index (Phi) is 2.93. The number of ether oxygens (including phenoxy) is 1. The number of carbonyl (C=O) groups excluding carboxylic acids is 1. The van der Waals surface area contributed by atoms with Gasteiger partial charge in [-0.15, -0.1) is 0 Å². The van der Waals surface area contributed by atoms with E-state index in [0.29, 0.717) is 27.4 Å². The highest BCUT2D eigenvalue weighted by atomic mass is 35.5. The topological polar surface area (TPSA) is 52.3 Å². The van der Waals surface area contributed by atoms with Crippen molar-refractivity contribution < 1.29 is 13.9 Å². The van der Waals surface area contributed by atoms with Crippen LogP contribution in [-0.4, -0.2) is 11.0 Å². The largest absolute Gasteiger partial charge is 0.443 e. The Hall–Kier alpha value is -2.33. The second-order valence-electron chi connectivity index (χ2n) is 3.85. The number of nitrogens with zero attached hydrogens (tertiary/aromatic N) is 1. The van der Waals surface area contributed by atoms with Gasteiger partial charge < -0.3 is 9.15 Å². The highest BCUT2D eigenvalue weighted by Crippen LogP contribution is 2.20. The molecule has 19 heavy (non-hydrogen) atoms. The molecule has 0 aliphatic carbocycles. The molecule has 0 fully saturated rings. The van der Waals surface area contributed by atoms with Gasteiger partial charge in [0.1, 0.15) is 11.3 Å². The van der Waals surface area contributed by atoms with Crippen LogP contribution in [-0.2, 0) is 0 Å². The molecule has 2 aromatic carbocycles. The molecule has 0 amide bonds. The number of aromatic nitrogens is 1. The van der Waals surface area contributed by atoms with Gasteiger partial charge in [0.15, 0.2) is 12.0 Å². The Labute approximate surface area is 113 Å². The summed E-state index contributed by atoms with van der Waals surface area (Å²) < 4.78 is 10.4. The van der Waals surface area contributed by atoms with Crippen LogP contribution in [0.25, 0.3) is 11.1 Å². The van der Waals surface area contributed by atoms with Crippen molar-refractivity contribution in [2.24, 2.45) is 0 Å². The number of hydrogen-bond donors (Lipinski definition) is 0. The molecule has 94 valence electrons. The summed E-state index contributed by atoms with van der Waals surface area (Å²) in [7, 11) is 0. The van der Waals surface area contributed by atoms with Crippen LogP contribution in [0, 0.1) is 0 Å². The molecule has 0 aliphatic heterocycles. The van der Waals surface area contributed by atoms with E-state index in [4.69, 9.17) is 20.8 Å². The number of hydrogen-bond acceptors (Lipinski definition) is 4. The molecule has 1 aromatic heterocycles. The van der Waals surface area contributed by atoms with Gasteiger partial charge in [-0.3, -0.25) is 0 Å².